The predicted molar refractivity (Wildman–Crippen MR) is 279 cm³/mol. The molecule has 0 aliphatic heterocycles. The standard InChI is InChI=1S/C59H104O6/c1-4-7-10-13-16-19-22-24-26-28-30-32-33-35-37-40-43-46-49-52-58(61)64-55-56(54-63-57(60)51-48-45-42-39-21-18-15-12-9-6-3)65-59(62)53-50-47-44-41-38-36-34-31-29-27-25-23-20-17-14-11-8-5-2/h7,10,16,19,24,26-27,29-30,32,56H,4-6,8-9,11-15,17-18,20-23,25,28,31,33-55H2,1-3H3/b10-7-,19-16-,26-24-,29-27-,32-30-. The average Bonchev–Trinajstić information content (AvgIpc) is 3.30. The molecule has 0 saturated heterocycles. The molecule has 1 unspecified atom stereocenters. The van der Waals surface area contributed by atoms with E-state index in [1.807, 2.05) is 0 Å². The maximum absolute atomic E-state index is 12.8. The zero-order valence-corrected chi connectivity index (χ0v) is 43.0. The number of carbonyl (C=O) groups is 3. The minimum atomic E-state index is -0.780. The van der Waals surface area contributed by atoms with Crippen molar-refractivity contribution in [3.63, 3.8) is 0 Å². The van der Waals surface area contributed by atoms with Crippen LogP contribution in [0, 0.1) is 0 Å². The molecule has 0 aromatic heterocycles. The Bertz CT molecular complexity index is 1180. The second kappa shape index (κ2) is 53.7. The van der Waals surface area contributed by atoms with Crippen molar-refractivity contribution in [2.75, 3.05) is 13.2 Å². The largest absolute Gasteiger partial charge is 0.462 e. The van der Waals surface area contributed by atoms with Crippen molar-refractivity contribution in [1.82, 2.24) is 0 Å². The van der Waals surface area contributed by atoms with Crippen LogP contribution in [-0.2, 0) is 28.6 Å². The minimum absolute atomic E-state index is 0.0785. The number of carbonyl (C=O) groups excluding carboxylic acids is 3. The Morgan fingerprint density at radius 1 is 0.323 bits per heavy atom. The first-order chi connectivity index (χ1) is 32.0. The van der Waals surface area contributed by atoms with Crippen LogP contribution in [0.15, 0.2) is 60.8 Å². The zero-order chi connectivity index (χ0) is 47.2. The highest BCUT2D eigenvalue weighted by atomic mass is 16.6. The Labute approximate surface area is 402 Å². The summed E-state index contributed by atoms with van der Waals surface area (Å²) >= 11 is 0. The molecule has 1 atom stereocenters. The Morgan fingerprint density at radius 3 is 0.954 bits per heavy atom. The minimum Gasteiger partial charge on any atom is -0.462 e. The van der Waals surface area contributed by atoms with Crippen molar-refractivity contribution in [2.24, 2.45) is 0 Å². The molecule has 0 saturated carbocycles. The summed E-state index contributed by atoms with van der Waals surface area (Å²) in [5, 5.41) is 0. The number of unbranched alkanes of at least 4 members (excludes halogenated alkanes) is 29. The Morgan fingerprint density at radius 2 is 0.600 bits per heavy atom. The van der Waals surface area contributed by atoms with E-state index in [1.54, 1.807) is 0 Å². The van der Waals surface area contributed by atoms with E-state index in [-0.39, 0.29) is 31.1 Å². The molecule has 0 N–H and O–H groups in total. The van der Waals surface area contributed by atoms with Crippen molar-refractivity contribution in [3.05, 3.63) is 60.8 Å². The lowest BCUT2D eigenvalue weighted by molar-refractivity contribution is -0.167. The van der Waals surface area contributed by atoms with Gasteiger partial charge in [-0.25, -0.2) is 0 Å². The monoisotopic (exact) mass is 909 g/mol. The molecule has 65 heavy (non-hydrogen) atoms. The van der Waals surface area contributed by atoms with E-state index in [0.717, 1.165) is 89.9 Å². The molecule has 0 amide bonds. The average molecular weight is 909 g/mol. The van der Waals surface area contributed by atoms with Crippen LogP contribution in [0.3, 0.4) is 0 Å². The number of allylic oxidation sites excluding steroid dienone is 10. The molecule has 0 fully saturated rings. The maximum Gasteiger partial charge on any atom is 0.306 e. The molecule has 0 aromatic carbocycles. The molecule has 0 heterocycles. The van der Waals surface area contributed by atoms with Gasteiger partial charge >= 0.3 is 17.9 Å². The second-order valence-corrected chi connectivity index (χ2v) is 18.5. The van der Waals surface area contributed by atoms with Crippen LogP contribution < -0.4 is 0 Å². The van der Waals surface area contributed by atoms with Gasteiger partial charge in [-0.05, 0) is 83.5 Å². The SMILES string of the molecule is CC/C=C\C/C=C\C/C=C\C/C=C\CCCCCCCCC(=O)OCC(COC(=O)CCCCCCCCCCCC)OC(=O)CCCCCCCCC/C=C\CCCCCCCCC. The van der Waals surface area contributed by atoms with Crippen LogP contribution in [-0.4, -0.2) is 37.2 Å². The molecule has 6 nitrogen and oxygen atoms in total. The summed E-state index contributed by atoms with van der Waals surface area (Å²) in [4.78, 5) is 38.0. The molecular formula is C59H104O6. The Kier molecular flexibility index (Phi) is 51.3. The van der Waals surface area contributed by atoms with Crippen molar-refractivity contribution in [1.29, 1.82) is 0 Å². The number of rotatable bonds is 50. The van der Waals surface area contributed by atoms with Crippen LogP contribution >= 0.6 is 0 Å². The van der Waals surface area contributed by atoms with Gasteiger partial charge in [-0.1, -0.05) is 236 Å². The van der Waals surface area contributed by atoms with E-state index in [0.29, 0.717) is 19.3 Å². The fraction of sp³-hybridized carbons (Fsp3) is 0.780. The van der Waals surface area contributed by atoms with Crippen molar-refractivity contribution < 1.29 is 28.6 Å². The molecule has 0 bridgehead atoms. The third-order valence-electron chi connectivity index (χ3n) is 12.0. The molecule has 0 radical (unpaired) electrons. The quantitative estimate of drug-likeness (QED) is 0.0262. The summed E-state index contributed by atoms with van der Waals surface area (Å²) in [5.41, 5.74) is 0. The van der Waals surface area contributed by atoms with Gasteiger partial charge in [-0.3, -0.25) is 14.4 Å². The van der Waals surface area contributed by atoms with Crippen LogP contribution in [0.4, 0.5) is 0 Å². The van der Waals surface area contributed by atoms with Gasteiger partial charge in [0.05, 0.1) is 0 Å². The summed E-state index contributed by atoms with van der Waals surface area (Å²) < 4.78 is 16.8. The van der Waals surface area contributed by atoms with E-state index < -0.39 is 6.10 Å². The van der Waals surface area contributed by atoms with Crippen LogP contribution in [0.1, 0.15) is 278 Å². The van der Waals surface area contributed by atoms with Gasteiger partial charge in [0, 0.05) is 19.3 Å². The number of hydrogen-bond acceptors (Lipinski definition) is 6. The molecular weight excluding hydrogens is 805 g/mol. The van der Waals surface area contributed by atoms with Crippen LogP contribution in [0.2, 0.25) is 0 Å². The summed E-state index contributed by atoms with van der Waals surface area (Å²) in [7, 11) is 0. The van der Waals surface area contributed by atoms with Crippen molar-refractivity contribution in [3.8, 4) is 0 Å². The topological polar surface area (TPSA) is 78.9 Å². The van der Waals surface area contributed by atoms with Gasteiger partial charge in [-0.15, -0.1) is 0 Å². The van der Waals surface area contributed by atoms with Gasteiger partial charge < -0.3 is 14.2 Å². The highest BCUT2D eigenvalue weighted by Gasteiger charge is 2.19. The summed E-state index contributed by atoms with van der Waals surface area (Å²) in [5.74, 6) is -0.890. The second-order valence-electron chi connectivity index (χ2n) is 18.5. The fourth-order valence-electron chi connectivity index (χ4n) is 7.84. The highest BCUT2D eigenvalue weighted by molar-refractivity contribution is 5.71. The van der Waals surface area contributed by atoms with Gasteiger partial charge in [0.2, 0.25) is 0 Å². The molecule has 0 aliphatic carbocycles. The lowest BCUT2D eigenvalue weighted by Crippen LogP contribution is -2.30. The Balaban J connectivity index is 4.34. The van der Waals surface area contributed by atoms with Gasteiger partial charge in [-0.2, -0.15) is 0 Å². The summed E-state index contributed by atoms with van der Waals surface area (Å²) in [6.45, 7) is 6.52. The molecule has 0 aliphatic rings. The van der Waals surface area contributed by atoms with Crippen molar-refractivity contribution >= 4 is 17.9 Å². The maximum atomic E-state index is 12.8. The van der Waals surface area contributed by atoms with Crippen LogP contribution in [0.5, 0.6) is 0 Å². The van der Waals surface area contributed by atoms with Crippen molar-refractivity contribution in [2.45, 2.75) is 284 Å². The van der Waals surface area contributed by atoms with Gasteiger partial charge in [0.15, 0.2) is 6.10 Å². The first-order valence-corrected chi connectivity index (χ1v) is 27.8. The van der Waals surface area contributed by atoms with Gasteiger partial charge in [0.1, 0.15) is 13.2 Å². The number of ether oxygens (including phenoxy) is 3. The molecule has 6 heteroatoms. The zero-order valence-electron chi connectivity index (χ0n) is 43.0. The number of esters is 3. The van der Waals surface area contributed by atoms with E-state index >= 15 is 0 Å². The summed E-state index contributed by atoms with van der Waals surface area (Å²) in [6, 6.07) is 0. The first-order valence-electron chi connectivity index (χ1n) is 27.8. The Hall–Kier alpha value is -2.89. The van der Waals surface area contributed by atoms with E-state index in [1.165, 1.54) is 148 Å². The van der Waals surface area contributed by atoms with E-state index in [2.05, 4.69) is 81.5 Å². The third kappa shape index (κ3) is 51.9. The highest BCUT2D eigenvalue weighted by Crippen LogP contribution is 2.15. The smallest absolute Gasteiger partial charge is 0.306 e. The molecule has 0 rings (SSSR count). The lowest BCUT2D eigenvalue weighted by Gasteiger charge is -2.18. The molecule has 376 valence electrons. The lowest BCUT2D eigenvalue weighted by atomic mass is 10.1. The predicted octanol–water partition coefficient (Wildman–Crippen LogP) is 18.4. The fourth-order valence-corrected chi connectivity index (χ4v) is 7.84. The van der Waals surface area contributed by atoms with Gasteiger partial charge in [0.25, 0.3) is 0 Å². The van der Waals surface area contributed by atoms with E-state index in [9.17, 15) is 14.4 Å². The normalized spacial score (nSPS) is 12.5. The molecule has 0 spiro atoms. The summed E-state index contributed by atoms with van der Waals surface area (Å²) in [6.07, 6.45) is 66.4. The number of hydrogen-bond donors (Lipinski definition) is 0. The first kappa shape index (κ1) is 62.1. The third-order valence-corrected chi connectivity index (χ3v) is 12.0. The van der Waals surface area contributed by atoms with E-state index in [4.69, 9.17) is 14.2 Å². The van der Waals surface area contributed by atoms with Crippen LogP contribution in [0.25, 0.3) is 0 Å². The molecule has 0 aromatic rings.